The summed E-state index contributed by atoms with van der Waals surface area (Å²) < 4.78 is 2.37. The minimum Gasteiger partial charge on any atom is -0.349 e. The van der Waals surface area contributed by atoms with Gasteiger partial charge in [0.15, 0.2) is 0 Å². The fourth-order valence-corrected chi connectivity index (χ4v) is 3.22. The number of benzene rings is 2. The van der Waals surface area contributed by atoms with Gasteiger partial charge in [0.2, 0.25) is 0 Å². The Morgan fingerprint density at radius 1 is 1.12 bits per heavy atom. The average Bonchev–Trinajstić information content (AvgIpc) is 3.03. The molecule has 0 saturated heterocycles. The molecule has 2 aromatic carbocycles. The van der Waals surface area contributed by atoms with Crippen LogP contribution >= 0.6 is 15.9 Å². The lowest BCUT2D eigenvalue weighted by Gasteiger charge is -2.13. The summed E-state index contributed by atoms with van der Waals surface area (Å²) in [5.74, 6) is -0.116. The highest BCUT2D eigenvalue weighted by Crippen LogP contribution is 2.21. The summed E-state index contributed by atoms with van der Waals surface area (Å²) in [5.41, 5.74) is 2.72. The Bertz CT molecular complexity index is 831. The van der Waals surface area contributed by atoms with Gasteiger partial charge >= 0.3 is 0 Å². The molecule has 0 spiro atoms. The quantitative estimate of drug-likeness (QED) is 0.670. The summed E-state index contributed by atoms with van der Waals surface area (Å²) >= 11 is 3.49. The molecule has 5 heteroatoms. The molecule has 1 atom stereocenters. The highest BCUT2D eigenvalue weighted by molar-refractivity contribution is 9.10. The number of aryl methyl sites for hydroxylation is 1. The molecule has 25 heavy (non-hydrogen) atoms. The van der Waals surface area contributed by atoms with Gasteiger partial charge in [-0.2, -0.15) is 5.10 Å². The van der Waals surface area contributed by atoms with Crippen molar-refractivity contribution < 1.29 is 4.79 Å². The Balaban J connectivity index is 1.62. The van der Waals surface area contributed by atoms with Crippen molar-refractivity contribution in [2.75, 3.05) is 0 Å². The van der Waals surface area contributed by atoms with Crippen LogP contribution in [0, 0.1) is 0 Å². The minimum atomic E-state index is -0.116. The maximum atomic E-state index is 12.5. The summed E-state index contributed by atoms with van der Waals surface area (Å²) in [4.78, 5) is 12.5. The molecule has 1 amide bonds. The zero-order chi connectivity index (χ0) is 17.6. The number of carbonyl (C=O) groups excluding carboxylic acids is 1. The smallest absolute Gasteiger partial charge is 0.255 e. The lowest BCUT2D eigenvalue weighted by molar-refractivity contribution is 0.0937. The molecule has 0 aliphatic carbocycles. The van der Waals surface area contributed by atoms with Crippen LogP contribution in [0.5, 0.6) is 0 Å². The highest BCUT2D eigenvalue weighted by atomic mass is 79.9. The number of nitrogens with one attached hydrogen (secondary N) is 1. The first-order valence-corrected chi connectivity index (χ1v) is 9.08. The van der Waals surface area contributed by atoms with Crippen LogP contribution in [0.25, 0.3) is 5.69 Å². The third-order valence-corrected chi connectivity index (χ3v) is 4.81. The largest absolute Gasteiger partial charge is 0.349 e. The van der Waals surface area contributed by atoms with Gasteiger partial charge in [0, 0.05) is 6.04 Å². The van der Waals surface area contributed by atoms with Crippen molar-refractivity contribution in [1.82, 2.24) is 15.1 Å². The summed E-state index contributed by atoms with van der Waals surface area (Å²) in [6.07, 6.45) is 3.42. The fraction of sp³-hybridized carbons (Fsp3) is 0.200. The number of amides is 1. The maximum Gasteiger partial charge on any atom is 0.255 e. The first kappa shape index (κ1) is 17.4. The van der Waals surface area contributed by atoms with Crippen molar-refractivity contribution in [1.29, 1.82) is 0 Å². The number of hydrogen-bond acceptors (Lipinski definition) is 2. The van der Waals surface area contributed by atoms with Gasteiger partial charge in [0.05, 0.1) is 17.4 Å². The zero-order valence-electron chi connectivity index (χ0n) is 14.0. The Morgan fingerprint density at radius 2 is 1.76 bits per heavy atom. The first-order chi connectivity index (χ1) is 12.1. The number of aromatic nitrogens is 2. The van der Waals surface area contributed by atoms with Gasteiger partial charge < -0.3 is 5.32 Å². The van der Waals surface area contributed by atoms with E-state index in [2.05, 4.69) is 38.5 Å². The minimum absolute atomic E-state index is 0.0830. The predicted molar refractivity (Wildman–Crippen MR) is 103 cm³/mol. The topological polar surface area (TPSA) is 46.9 Å². The van der Waals surface area contributed by atoms with E-state index in [4.69, 9.17) is 0 Å². The van der Waals surface area contributed by atoms with Crippen LogP contribution in [0.1, 0.15) is 29.3 Å². The molecule has 0 radical (unpaired) electrons. The number of rotatable bonds is 6. The standard InChI is InChI=1S/C20H20BrN3O/c1-15(12-13-16-8-4-2-5-9-16)23-20(25)18-14-22-24(19(18)21)17-10-6-3-7-11-17/h2-11,14-15H,12-13H2,1H3,(H,23,25)/t15-/m0/s1. The Kier molecular flexibility index (Phi) is 5.66. The number of carbonyl (C=O) groups is 1. The molecule has 0 aliphatic heterocycles. The van der Waals surface area contributed by atoms with E-state index in [9.17, 15) is 4.79 Å². The molecule has 1 heterocycles. The van der Waals surface area contributed by atoms with Crippen LogP contribution in [0.2, 0.25) is 0 Å². The molecule has 4 nitrogen and oxygen atoms in total. The van der Waals surface area contributed by atoms with Gasteiger partial charge in [-0.25, -0.2) is 4.68 Å². The van der Waals surface area contributed by atoms with E-state index in [1.165, 1.54) is 5.56 Å². The van der Waals surface area contributed by atoms with E-state index in [-0.39, 0.29) is 11.9 Å². The van der Waals surface area contributed by atoms with Crippen LogP contribution in [0.3, 0.4) is 0 Å². The second-order valence-electron chi connectivity index (χ2n) is 6.00. The van der Waals surface area contributed by atoms with Gasteiger partial charge in [0.25, 0.3) is 5.91 Å². The van der Waals surface area contributed by atoms with Crippen LogP contribution in [0.15, 0.2) is 71.5 Å². The number of para-hydroxylation sites is 1. The van der Waals surface area contributed by atoms with E-state index in [0.29, 0.717) is 10.2 Å². The van der Waals surface area contributed by atoms with E-state index < -0.39 is 0 Å². The Morgan fingerprint density at radius 3 is 2.44 bits per heavy atom. The molecule has 0 saturated carbocycles. The molecule has 128 valence electrons. The summed E-state index contributed by atoms with van der Waals surface area (Å²) in [6.45, 7) is 2.02. The lowest BCUT2D eigenvalue weighted by atomic mass is 10.1. The second-order valence-corrected chi connectivity index (χ2v) is 6.75. The molecule has 1 N–H and O–H groups in total. The van der Waals surface area contributed by atoms with Crippen molar-refractivity contribution in [3.05, 3.63) is 82.6 Å². The van der Waals surface area contributed by atoms with E-state index in [0.717, 1.165) is 18.5 Å². The van der Waals surface area contributed by atoms with Crippen LogP contribution in [-0.2, 0) is 6.42 Å². The molecule has 0 bridgehead atoms. The highest BCUT2D eigenvalue weighted by Gasteiger charge is 2.18. The van der Waals surface area contributed by atoms with E-state index in [1.807, 2.05) is 55.5 Å². The summed E-state index contributed by atoms with van der Waals surface area (Å²) in [6, 6.07) is 20.1. The Labute approximate surface area is 156 Å². The Hall–Kier alpha value is -2.40. The van der Waals surface area contributed by atoms with Crippen molar-refractivity contribution in [2.24, 2.45) is 0 Å². The van der Waals surface area contributed by atoms with Gasteiger partial charge in [-0.1, -0.05) is 48.5 Å². The molecule has 1 aromatic heterocycles. The van der Waals surface area contributed by atoms with Gasteiger partial charge in [-0.05, 0) is 53.4 Å². The summed E-state index contributed by atoms with van der Waals surface area (Å²) in [7, 11) is 0. The SMILES string of the molecule is C[C@@H](CCc1ccccc1)NC(=O)c1cnn(-c2ccccc2)c1Br. The van der Waals surface area contributed by atoms with E-state index >= 15 is 0 Å². The molecule has 3 aromatic rings. The zero-order valence-corrected chi connectivity index (χ0v) is 15.6. The maximum absolute atomic E-state index is 12.5. The van der Waals surface area contributed by atoms with Crippen LogP contribution < -0.4 is 5.32 Å². The third kappa shape index (κ3) is 4.37. The van der Waals surface area contributed by atoms with Gasteiger partial charge in [0.1, 0.15) is 4.60 Å². The normalized spacial score (nSPS) is 11.9. The second kappa shape index (κ2) is 8.12. The van der Waals surface area contributed by atoms with Gasteiger partial charge in [-0.15, -0.1) is 0 Å². The number of halogens is 1. The molecular formula is C20H20BrN3O. The monoisotopic (exact) mass is 397 g/mol. The predicted octanol–water partition coefficient (Wildman–Crippen LogP) is 4.39. The molecular weight excluding hydrogens is 378 g/mol. The van der Waals surface area contributed by atoms with Crippen molar-refractivity contribution in [3.8, 4) is 5.69 Å². The van der Waals surface area contributed by atoms with Crippen molar-refractivity contribution >= 4 is 21.8 Å². The van der Waals surface area contributed by atoms with Crippen LogP contribution in [0.4, 0.5) is 0 Å². The molecule has 0 unspecified atom stereocenters. The molecule has 3 rings (SSSR count). The van der Waals surface area contributed by atoms with Crippen molar-refractivity contribution in [2.45, 2.75) is 25.8 Å². The number of nitrogens with zero attached hydrogens (tertiary/aromatic N) is 2. The van der Waals surface area contributed by atoms with Crippen LogP contribution in [-0.4, -0.2) is 21.7 Å². The molecule has 0 fully saturated rings. The lowest BCUT2D eigenvalue weighted by Crippen LogP contribution is -2.32. The first-order valence-electron chi connectivity index (χ1n) is 8.29. The number of hydrogen-bond donors (Lipinski definition) is 1. The van der Waals surface area contributed by atoms with Crippen molar-refractivity contribution in [3.63, 3.8) is 0 Å². The fourth-order valence-electron chi connectivity index (χ4n) is 2.64. The summed E-state index contributed by atoms with van der Waals surface area (Å²) in [5, 5.41) is 7.37. The van der Waals surface area contributed by atoms with E-state index in [1.54, 1.807) is 10.9 Å². The average molecular weight is 398 g/mol. The van der Waals surface area contributed by atoms with Gasteiger partial charge in [-0.3, -0.25) is 4.79 Å². The molecule has 0 aliphatic rings. The third-order valence-electron chi connectivity index (χ3n) is 4.04.